The van der Waals surface area contributed by atoms with E-state index in [9.17, 15) is 9.59 Å². The molecule has 0 fully saturated rings. The maximum absolute atomic E-state index is 11.9. The summed E-state index contributed by atoms with van der Waals surface area (Å²) in [7, 11) is 0. The second-order valence-corrected chi connectivity index (χ2v) is 5.07. The number of halogens is 1. The van der Waals surface area contributed by atoms with Crippen LogP contribution < -0.4 is 5.43 Å². The zero-order chi connectivity index (χ0) is 15.6. The Morgan fingerprint density at radius 1 is 1.33 bits per heavy atom. The van der Waals surface area contributed by atoms with Gasteiger partial charge in [-0.25, -0.2) is 4.79 Å². The van der Waals surface area contributed by atoms with Gasteiger partial charge in [-0.2, -0.15) is 0 Å². The number of carboxylic acids is 1. The van der Waals surface area contributed by atoms with E-state index in [2.05, 4.69) is 0 Å². The summed E-state index contributed by atoms with van der Waals surface area (Å²) in [6.45, 7) is 3.70. The number of hydrogen-bond acceptors (Lipinski definition) is 2. The highest BCUT2D eigenvalue weighted by Crippen LogP contribution is 2.23. The van der Waals surface area contributed by atoms with Crippen LogP contribution in [-0.2, 0) is 4.79 Å². The van der Waals surface area contributed by atoms with Gasteiger partial charge in [-0.15, -0.1) is 0 Å². The number of aliphatic carboxylic acids is 1. The van der Waals surface area contributed by atoms with Crippen molar-refractivity contribution in [2.45, 2.75) is 13.8 Å². The molecule has 0 spiro atoms. The molecule has 0 atom stereocenters. The van der Waals surface area contributed by atoms with E-state index in [4.69, 9.17) is 16.7 Å². The maximum atomic E-state index is 11.9. The number of carboxylic acid groups (broad SMARTS) is 1. The second-order valence-electron chi connectivity index (χ2n) is 4.66. The lowest BCUT2D eigenvalue weighted by Gasteiger charge is -2.15. The first-order valence-corrected chi connectivity index (χ1v) is 6.67. The molecule has 21 heavy (non-hydrogen) atoms. The van der Waals surface area contributed by atoms with Crippen LogP contribution in [0.25, 0.3) is 11.8 Å². The predicted molar refractivity (Wildman–Crippen MR) is 83.2 cm³/mol. The maximum Gasteiger partial charge on any atom is 0.328 e. The Kier molecular flexibility index (Phi) is 4.29. The Balaban J connectivity index is 2.64. The van der Waals surface area contributed by atoms with Gasteiger partial charge >= 0.3 is 5.97 Å². The first-order valence-electron chi connectivity index (χ1n) is 6.30. The van der Waals surface area contributed by atoms with Crippen molar-refractivity contribution in [2.75, 3.05) is 0 Å². The molecule has 0 amide bonds. The lowest BCUT2D eigenvalue weighted by molar-refractivity contribution is -0.131. The third-order valence-corrected chi connectivity index (χ3v) is 3.59. The standard InChI is InChI=1S/C16H14ClNO3/c1-10-8-15(19)12(6-7-16(20)21)9-18(10)14-5-3-4-13(17)11(14)2/h3-9H,1-2H3,(H,20,21)/b7-6+. The van der Waals surface area contributed by atoms with Gasteiger partial charge in [0.2, 0.25) is 0 Å². The van der Waals surface area contributed by atoms with Crippen LogP contribution >= 0.6 is 11.6 Å². The molecule has 0 aliphatic heterocycles. The van der Waals surface area contributed by atoms with Crippen LogP contribution in [0.4, 0.5) is 0 Å². The fraction of sp³-hybridized carbons (Fsp3) is 0.125. The molecular weight excluding hydrogens is 290 g/mol. The fourth-order valence-electron chi connectivity index (χ4n) is 2.05. The van der Waals surface area contributed by atoms with Gasteiger partial charge in [-0.3, -0.25) is 4.79 Å². The molecule has 1 aromatic carbocycles. The average molecular weight is 304 g/mol. The highest BCUT2D eigenvalue weighted by Gasteiger charge is 2.08. The van der Waals surface area contributed by atoms with Crippen molar-refractivity contribution in [3.8, 4) is 5.69 Å². The number of carbonyl (C=O) groups is 1. The van der Waals surface area contributed by atoms with Crippen LogP contribution in [0.15, 0.2) is 41.3 Å². The molecule has 0 aliphatic rings. The Morgan fingerprint density at radius 3 is 2.71 bits per heavy atom. The van der Waals surface area contributed by atoms with Crippen molar-refractivity contribution in [3.63, 3.8) is 0 Å². The van der Waals surface area contributed by atoms with Crippen LogP contribution in [-0.4, -0.2) is 15.6 Å². The van der Waals surface area contributed by atoms with Crippen LogP contribution in [0.1, 0.15) is 16.8 Å². The number of rotatable bonds is 3. The minimum absolute atomic E-state index is 0.221. The number of hydrogen-bond donors (Lipinski definition) is 1. The van der Waals surface area contributed by atoms with E-state index in [0.29, 0.717) is 10.6 Å². The quantitative estimate of drug-likeness (QED) is 0.886. The van der Waals surface area contributed by atoms with Crippen molar-refractivity contribution < 1.29 is 9.90 Å². The molecule has 2 rings (SSSR count). The summed E-state index contributed by atoms with van der Waals surface area (Å²) in [6.07, 6.45) is 3.86. The van der Waals surface area contributed by atoms with E-state index in [1.807, 2.05) is 30.5 Å². The number of aryl methyl sites for hydroxylation is 1. The Labute approximate surface area is 126 Å². The highest BCUT2D eigenvalue weighted by molar-refractivity contribution is 6.31. The summed E-state index contributed by atoms with van der Waals surface area (Å²) in [5, 5.41) is 9.31. The van der Waals surface area contributed by atoms with E-state index < -0.39 is 5.97 Å². The van der Waals surface area contributed by atoms with Crippen LogP contribution in [0, 0.1) is 13.8 Å². The van der Waals surface area contributed by atoms with Crippen molar-refractivity contribution in [3.05, 3.63) is 68.6 Å². The summed E-state index contributed by atoms with van der Waals surface area (Å²) in [6, 6.07) is 6.99. The van der Waals surface area contributed by atoms with Crippen LogP contribution in [0.2, 0.25) is 5.02 Å². The van der Waals surface area contributed by atoms with Gasteiger partial charge in [-0.05, 0) is 37.6 Å². The average Bonchev–Trinajstić information content (AvgIpc) is 2.41. The fourth-order valence-corrected chi connectivity index (χ4v) is 2.22. The zero-order valence-electron chi connectivity index (χ0n) is 11.6. The third-order valence-electron chi connectivity index (χ3n) is 3.18. The smallest absolute Gasteiger partial charge is 0.328 e. The number of benzene rings is 1. The molecule has 4 nitrogen and oxygen atoms in total. The van der Waals surface area contributed by atoms with Crippen molar-refractivity contribution in [1.82, 2.24) is 4.57 Å². The van der Waals surface area contributed by atoms with Gasteiger partial charge in [0.05, 0.1) is 0 Å². The molecule has 1 N–H and O–H groups in total. The van der Waals surface area contributed by atoms with E-state index in [0.717, 1.165) is 23.0 Å². The summed E-state index contributed by atoms with van der Waals surface area (Å²) < 4.78 is 1.82. The minimum Gasteiger partial charge on any atom is -0.478 e. The summed E-state index contributed by atoms with van der Waals surface area (Å²) >= 11 is 6.12. The first kappa shape index (κ1) is 15.1. The van der Waals surface area contributed by atoms with E-state index in [-0.39, 0.29) is 5.43 Å². The SMILES string of the molecule is Cc1c(Cl)cccc1-n1cc(/C=C/C(=O)O)c(=O)cc1C. The van der Waals surface area contributed by atoms with Crippen molar-refractivity contribution in [1.29, 1.82) is 0 Å². The van der Waals surface area contributed by atoms with E-state index >= 15 is 0 Å². The van der Waals surface area contributed by atoms with Crippen LogP contribution in [0.5, 0.6) is 0 Å². The lowest BCUT2D eigenvalue weighted by Crippen LogP contribution is -2.12. The normalized spacial score (nSPS) is 11.0. The number of aromatic nitrogens is 1. The Morgan fingerprint density at radius 2 is 2.05 bits per heavy atom. The minimum atomic E-state index is -1.10. The molecule has 5 heteroatoms. The van der Waals surface area contributed by atoms with Crippen LogP contribution in [0.3, 0.4) is 0 Å². The molecule has 0 bridgehead atoms. The zero-order valence-corrected chi connectivity index (χ0v) is 12.4. The van der Waals surface area contributed by atoms with Gasteiger partial charge in [0.1, 0.15) is 0 Å². The summed E-state index contributed by atoms with van der Waals surface area (Å²) in [4.78, 5) is 22.5. The number of nitrogens with zero attached hydrogens (tertiary/aromatic N) is 1. The topological polar surface area (TPSA) is 59.3 Å². The molecule has 1 heterocycles. The van der Waals surface area contributed by atoms with Gasteiger partial charge in [0.15, 0.2) is 5.43 Å². The van der Waals surface area contributed by atoms with E-state index in [1.54, 1.807) is 12.3 Å². The highest BCUT2D eigenvalue weighted by atomic mass is 35.5. The molecule has 1 aromatic heterocycles. The molecule has 0 aliphatic carbocycles. The molecular formula is C16H14ClNO3. The molecule has 108 valence electrons. The predicted octanol–water partition coefficient (Wildman–Crippen LogP) is 3.21. The summed E-state index contributed by atoms with van der Waals surface area (Å²) in [5.41, 5.74) is 2.57. The molecule has 0 radical (unpaired) electrons. The molecule has 0 saturated carbocycles. The number of pyridine rings is 1. The molecule has 2 aromatic rings. The van der Waals surface area contributed by atoms with Gasteiger partial charge < -0.3 is 9.67 Å². The first-order chi connectivity index (χ1) is 9.90. The Hall–Kier alpha value is -2.33. The third kappa shape index (κ3) is 3.23. The second kappa shape index (κ2) is 5.97. The van der Waals surface area contributed by atoms with Crippen molar-refractivity contribution in [2.24, 2.45) is 0 Å². The molecule has 0 saturated heterocycles. The lowest BCUT2D eigenvalue weighted by atomic mass is 10.1. The van der Waals surface area contributed by atoms with Gasteiger partial charge in [0.25, 0.3) is 0 Å². The van der Waals surface area contributed by atoms with E-state index in [1.165, 1.54) is 12.1 Å². The van der Waals surface area contributed by atoms with Gasteiger partial charge in [-0.1, -0.05) is 17.7 Å². The largest absolute Gasteiger partial charge is 0.478 e. The molecule has 0 unspecified atom stereocenters. The van der Waals surface area contributed by atoms with Gasteiger partial charge in [0, 0.05) is 40.3 Å². The van der Waals surface area contributed by atoms with Crippen molar-refractivity contribution >= 4 is 23.6 Å². The summed E-state index contributed by atoms with van der Waals surface area (Å²) in [5.74, 6) is -1.10. The Bertz CT molecular complexity index is 791. The monoisotopic (exact) mass is 303 g/mol.